The summed E-state index contributed by atoms with van der Waals surface area (Å²) in [7, 11) is 2.06. The van der Waals surface area contributed by atoms with Gasteiger partial charge >= 0.3 is 0 Å². The van der Waals surface area contributed by atoms with Crippen molar-refractivity contribution in [2.75, 3.05) is 20.1 Å². The van der Waals surface area contributed by atoms with Gasteiger partial charge in [0.25, 0.3) is 0 Å². The molecule has 6 nitrogen and oxygen atoms in total. The largest absolute Gasteiger partial charge is 0.461 e. The van der Waals surface area contributed by atoms with E-state index >= 15 is 0 Å². The molecule has 0 aromatic carbocycles. The van der Waals surface area contributed by atoms with Gasteiger partial charge in [0.15, 0.2) is 5.76 Å². The van der Waals surface area contributed by atoms with Crippen LogP contribution in [0.3, 0.4) is 0 Å². The van der Waals surface area contributed by atoms with Crippen LogP contribution < -0.4 is 5.32 Å². The van der Waals surface area contributed by atoms with Crippen LogP contribution in [-0.2, 0) is 6.54 Å². The van der Waals surface area contributed by atoms with Crippen LogP contribution in [0.4, 0.5) is 0 Å². The normalized spacial score (nSPS) is 16.4. The molecule has 3 rings (SSSR count). The summed E-state index contributed by atoms with van der Waals surface area (Å²) in [5.74, 6) is 1.75. The highest BCUT2D eigenvalue weighted by molar-refractivity contribution is 5.44. The number of hydrogen-bond donors (Lipinski definition) is 1. The van der Waals surface area contributed by atoms with Crippen molar-refractivity contribution in [3.05, 3.63) is 24.3 Å². The number of rotatable bonds is 4. The Morgan fingerprint density at radius 2 is 2.41 bits per heavy atom. The smallest absolute Gasteiger partial charge is 0.241 e. The molecule has 0 atom stereocenters. The number of furan rings is 1. The summed E-state index contributed by atoms with van der Waals surface area (Å²) in [6.07, 6.45) is 1.59. The molecule has 0 unspecified atom stereocenters. The van der Waals surface area contributed by atoms with Crippen molar-refractivity contribution in [3.8, 4) is 11.6 Å². The Morgan fingerprint density at radius 1 is 1.53 bits per heavy atom. The van der Waals surface area contributed by atoms with E-state index in [0.29, 0.717) is 30.1 Å². The van der Waals surface area contributed by atoms with E-state index in [1.165, 1.54) is 0 Å². The van der Waals surface area contributed by atoms with Crippen LogP contribution in [0.2, 0.25) is 0 Å². The van der Waals surface area contributed by atoms with Gasteiger partial charge in [0, 0.05) is 19.1 Å². The third kappa shape index (κ3) is 2.09. The lowest BCUT2D eigenvalue weighted by atomic mass is 10.1. The Hall–Kier alpha value is -1.66. The van der Waals surface area contributed by atoms with Gasteiger partial charge in [-0.05, 0) is 19.2 Å². The van der Waals surface area contributed by atoms with Crippen LogP contribution in [0.5, 0.6) is 0 Å². The molecular formula is C11H14N4O2. The SMILES string of the molecule is CN(Cc1nc(-c2ccco2)no1)C1CNC1. The highest BCUT2D eigenvalue weighted by atomic mass is 16.5. The quantitative estimate of drug-likeness (QED) is 0.841. The summed E-state index contributed by atoms with van der Waals surface area (Å²) in [6, 6.07) is 4.18. The molecule has 6 heteroatoms. The molecule has 0 bridgehead atoms. The van der Waals surface area contributed by atoms with Crippen LogP contribution in [0.25, 0.3) is 11.6 Å². The molecule has 1 aliphatic heterocycles. The van der Waals surface area contributed by atoms with E-state index in [9.17, 15) is 0 Å². The Balaban J connectivity index is 1.68. The van der Waals surface area contributed by atoms with Gasteiger partial charge < -0.3 is 14.3 Å². The van der Waals surface area contributed by atoms with E-state index in [2.05, 4.69) is 27.4 Å². The second-order valence-corrected chi connectivity index (χ2v) is 4.22. The maximum absolute atomic E-state index is 5.21. The van der Waals surface area contributed by atoms with Gasteiger partial charge in [-0.25, -0.2) is 0 Å². The third-order valence-corrected chi connectivity index (χ3v) is 2.98. The van der Waals surface area contributed by atoms with E-state index in [4.69, 9.17) is 8.94 Å². The van der Waals surface area contributed by atoms with Crippen LogP contribution in [-0.4, -0.2) is 41.2 Å². The third-order valence-electron chi connectivity index (χ3n) is 2.98. The zero-order chi connectivity index (χ0) is 11.7. The van der Waals surface area contributed by atoms with Gasteiger partial charge in [0.2, 0.25) is 11.7 Å². The highest BCUT2D eigenvalue weighted by Gasteiger charge is 2.23. The van der Waals surface area contributed by atoms with Gasteiger partial charge in [-0.2, -0.15) is 4.98 Å². The lowest BCUT2D eigenvalue weighted by Gasteiger charge is -2.34. The van der Waals surface area contributed by atoms with Crippen LogP contribution in [0, 0.1) is 0 Å². The summed E-state index contributed by atoms with van der Waals surface area (Å²) in [5, 5.41) is 7.12. The molecule has 0 spiro atoms. The van der Waals surface area contributed by atoms with Gasteiger partial charge in [-0.3, -0.25) is 4.90 Å². The van der Waals surface area contributed by atoms with Crippen molar-refractivity contribution in [1.29, 1.82) is 0 Å². The van der Waals surface area contributed by atoms with E-state index < -0.39 is 0 Å². The van der Waals surface area contributed by atoms with Crippen LogP contribution >= 0.6 is 0 Å². The van der Waals surface area contributed by atoms with E-state index in [1.807, 2.05) is 6.07 Å². The Morgan fingerprint density at radius 3 is 3.06 bits per heavy atom. The average molecular weight is 234 g/mol. The van der Waals surface area contributed by atoms with Crippen molar-refractivity contribution in [2.45, 2.75) is 12.6 Å². The topological polar surface area (TPSA) is 67.3 Å². The Bertz CT molecular complexity index is 475. The molecule has 2 aromatic rings. The molecule has 2 aromatic heterocycles. The molecule has 0 saturated carbocycles. The molecule has 1 N–H and O–H groups in total. The molecule has 1 aliphatic rings. The summed E-state index contributed by atoms with van der Waals surface area (Å²) in [4.78, 5) is 6.50. The number of likely N-dealkylation sites (N-methyl/N-ethyl adjacent to an activating group) is 1. The molecule has 0 radical (unpaired) electrons. The number of hydrogen-bond acceptors (Lipinski definition) is 6. The monoisotopic (exact) mass is 234 g/mol. The van der Waals surface area contributed by atoms with Crippen molar-refractivity contribution in [2.24, 2.45) is 0 Å². The summed E-state index contributed by atoms with van der Waals surface area (Å²) >= 11 is 0. The lowest BCUT2D eigenvalue weighted by Crippen LogP contribution is -2.55. The molecule has 0 aliphatic carbocycles. The number of aromatic nitrogens is 2. The predicted molar refractivity (Wildman–Crippen MR) is 60.1 cm³/mol. The Labute approximate surface area is 98.6 Å². The molecule has 0 amide bonds. The molecule has 90 valence electrons. The van der Waals surface area contributed by atoms with Gasteiger partial charge in [-0.1, -0.05) is 5.16 Å². The predicted octanol–water partition coefficient (Wildman–Crippen LogP) is 0.733. The van der Waals surface area contributed by atoms with E-state index in [1.54, 1.807) is 12.3 Å². The van der Waals surface area contributed by atoms with Gasteiger partial charge in [0.05, 0.1) is 12.8 Å². The first kappa shape index (κ1) is 10.5. The first-order valence-corrected chi connectivity index (χ1v) is 5.60. The first-order chi connectivity index (χ1) is 8.33. The standard InChI is InChI=1S/C11H14N4O2/c1-15(8-5-12-6-8)7-10-13-11(14-17-10)9-3-2-4-16-9/h2-4,8,12H,5-7H2,1H3. The molecule has 1 fully saturated rings. The van der Waals surface area contributed by atoms with Gasteiger partial charge in [-0.15, -0.1) is 0 Å². The van der Waals surface area contributed by atoms with Crippen molar-refractivity contribution >= 4 is 0 Å². The second kappa shape index (κ2) is 4.31. The average Bonchev–Trinajstić information content (AvgIpc) is 2.82. The molecule has 17 heavy (non-hydrogen) atoms. The fraction of sp³-hybridized carbons (Fsp3) is 0.455. The Kier molecular flexibility index (Phi) is 2.66. The second-order valence-electron chi connectivity index (χ2n) is 4.22. The minimum absolute atomic E-state index is 0.505. The minimum atomic E-state index is 0.505. The summed E-state index contributed by atoms with van der Waals surface area (Å²) < 4.78 is 10.4. The maximum Gasteiger partial charge on any atom is 0.241 e. The zero-order valence-corrected chi connectivity index (χ0v) is 9.59. The fourth-order valence-corrected chi connectivity index (χ4v) is 1.75. The van der Waals surface area contributed by atoms with Crippen LogP contribution in [0.15, 0.2) is 27.3 Å². The molecular weight excluding hydrogens is 220 g/mol. The highest BCUT2D eigenvalue weighted by Crippen LogP contribution is 2.16. The fourth-order valence-electron chi connectivity index (χ4n) is 1.75. The minimum Gasteiger partial charge on any atom is -0.461 e. The summed E-state index contributed by atoms with van der Waals surface area (Å²) in [5.41, 5.74) is 0. The summed E-state index contributed by atoms with van der Waals surface area (Å²) in [6.45, 7) is 2.71. The van der Waals surface area contributed by atoms with E-state index in [0.717, 1.165) is 13.1 Å². The number of nitrogens with zero attached hydrogens (tertiary/aromatic N) is 3. The lowest BCUT2D eigenvalue weighted by molar-refractivity contribution is 0.155. The van der Waals surface area contributed by atoms with Crippen molar-refractivity contribution in [3.63, 3.8) is 0 Å². The van der Waals surface area contributed by atoms with Crippen LogP contribution in [0.1, 0.15) is 5.89 Å². The van der Waals surface area contributed by atoms with Crippen molar-refractivity contribution in [1.82, 2.24) is 20.4 Å². The molecule has 1 saturated heterocycles. The zero-order valence-electron chi connectivity index (χ0n) is 9.59. The van der Waals surface area contributed by atoms with Crippen molar-refractivity contribution < 1.29 is 8.94 Å². The molecule has 3 heterocycles. The van der Waals surface area contributed by atoms with Gasteiger partial charge in [0.1, 0.15) is 0 Å². The first-order valence-electron chi connectivity index (χ1n) is 5.60. The maximum atomic E-state index is 5.21. The van der Waals surface area contributed by atoms with E-state index in [-0.39, 0.29) is 0 Å². The number of nitrogens with one attached hydrogen (secondary N) is 1.